The van der Waals surface area contributed by atoms with Crippen molar-refractivity contribution in [1.82, 2.24) is 10.6 Å². The van der Waals surface area contributed by atoms with Crippen molar-refractivity contribution >= 4 is 29.3 Å². The van der Waals surface area contributed by atoms with Gasteiger partial charge in [0, 0.05) is 13.2 Å². The average molecular weight is 479 g/mol. The van der Waals surface area contributed by atoms with Gasteiger partial charge in [-0.15, -0.1) is 29.9 Å². The summed E-state index contributed by atoms with van der Waals surface area (Å²) in [5.74, 6) is 0.475. The lowest BCUT2D eigenvalue weighted by molar-refractivity contribution is -0.205. The molecule has 31 heavy (non-hydrogen) atoms. The van der Waals surface area contributed by atoms with Crippen molar-refractivity contribution in [2.24, 2.45) is 11.8 Å². The molecule has 0 saturated carbocycles. The Labute approximate surface area is 193 Å². The molecule has 3 fully saturated rings. The van der Waals surface area contributed by atoms with E-state index in [1.54, 1.807) is 13.2 Å². The molecule has 0 radical (unpaired) electrons. The minimum Gasteiger partial charge on any atom is -0.388 e. The molecule has 0 aromatic carbocycles. The van der Waals surface area contributed by atoms with Crippen molar-refractivity contribution < 1.29 is 29.6 Å². The van der Waals surface area contributed by atoms with Crippen molar-refractivity contribution in [1.29, 1.82) is 0 Å². The molecule has 1 amide bonds. The van der Waals surface area contributed by atoms with Crippen molar-refractivity contribution in [3.8, 4) is 0 Å². The number of hydrogen-bond donors (Lipinski definition) is 5. The summed E-state index contributed by atoms with van der Waals surface area (Å²) in [6.45, 7) is 6.83. The van der Waals surface area contributed by atoms with Crippen LogP contribution in [0.25, 0.3) is 0 Å². The summed E-state index contributed by atoms with van der Waals surface area (Å²) in [6.07, 6.45) is 1.34. The Morgan fingerprint density at radius 3 is 2.74 bits per heavy atom. The van der Waals surface area contributed by atoms with E-state index in [4.69, 9.17) is 21.1 Å². The van der Waals surface area contributed by atoms with Crippen LogP contribution >= 0.6 is 23.4 Å². The van der Waals surface area contributed by atoms with Crippen LogP contribution in [-0.2, 0) is 14.3 Å². The fourth-order valence-corrected chi connectivity index (χ4v) is 5.80. The minimum atomic E-state index is -1.40. The summed E-state index contributed by atoms with van der Waals surface area (Å²) in [7, 11) is 0. The van der Waals surface area contributed by atoms with E-state index in [0.717, 1.165) is 19.3 Å². The van der Waals surface area contributed by atoms with Crippen LogP contribution in [0.3, 0.4) is 0 Å². The molecule has 0 aliphatic carbocycles. The van der Waals surface area contributed by atoms with Crippen LogP contribution in [-0.4, -0.2) is 94.1 Å². The summed E-state index contributed by atoms with van der Waals surface area (Å²) in [5, 5.41) is 36.5. The van der Waals surface area contributed by atoms with E-state index in [9.17, 15) is 20.1 Å². The first kappa shape index (κ1) is 25.2. The third-order valence-corrected chi connectivity index (χ3v) is 7.77. The number of hydrogen-bond acceptors (Lipinski definition) is 8. The number of halogens is 1. The highest BCUT2D eigenvalue weighted by molar-refractivity contribution is 7.99. The van der Waals surface area contributed by atoms with E-state index in [-0.39, 0.29) is 17.9 Å². The van der Waals surface area contributed by atoms with Crippen LogP contribution in [0.4, 0.5) is 0 Å². The Kier molecular flexibility index (Phi) is 9.08. The Bertz CT molecular complexity index is 627. The van der Waals surface area contributed by atoms with E-state index >= 15 is 0 Å². The summed E-state index contributed by atoms with van der Waals surface area (Å²) >= 11 is 7.59. The molecular weight excluding hydrogens is 444 g/mol. The number of allylic oxidation sites excluding steroid dienone is 1. The van der Waals surface area contributed by atoms with Gasteiger partial charge in [0.25, 0.3) is 0 Å². The van der Waals surface area contributed by atoms with Gasteiger partial charge in [0.1, 0.15) is 35.9 Å². The Morgan fingerprint density at radius 1 is 1.35 bits per heavy atom. The third kappa shape index (κ3) is 5.58. The molecule has 0 aromatic rings. The summed E-state index contributed by atoms with van der Waals surface area (Å²) in [6, 6.07) is -1.29. The fourth-order valence-electron chi connectivity index (χ4n) is 4.92. The van der Waals surface area contributed by atoms with Gasteiger partial charge in [-0.25, -0.2) is 0 Å². The molecule has 3 saturated heterocycles. The quantitative estimate of drug-likeness (QED) is 0.260. The Balaban J connectivity index is 1.69. The monoisotopic (exact) mass is 478 g/mol. The number of alkyl halides is 1. The SMILES string of the molecule is C=CC[C@@H]1CCO[C@@H]2[C@H](CN[C@@H]2C(=O)N[C@@H](C2OC(SC)C(O)C(O)C2O)[C@H](C)Cl)C1. The van der Waals surface area contributed by atoms with E-state index in [1.165, 1.54) is 11.8 Å². The van der Waals surface area contributed by atoms with Gasteiger partial charge >= 0.3 is 0 Å². The number of fused-ring (bicyclic) bond motifs is 1. The van der Waals surface area contributed by atoms with E-state index < -0.39 is 47.3 Å². The number of ether oxygens (including phenoxy) is 2. The first-order valence-corrected chi connectivity index (χ1v) is 12.6. The second-order valence-corrected chi connectivity index (χ2v) is 10.4. The third-order valence-electron chi connectivity index (χ3n) is 6.64. The van der Waals surface area contributed by atoms with E-state index in [1.807, 2.05) is 6.08 Å². The van der Waals surface area contributed by atoms with Crippen molar-refractivity contribution in [3.63, 3.8) is 0 Å². The van der Waals surface area contributed by atoms with Crippen LogP contribution in [0.1, 0.15) is 26.2 Å². The normalized spacial score (nSPS) is 42.8. The maximum absolute atomic E-state index is 13.2. The lowest BCUT2D eigenvalue weighted by Gasteiger charge is -2.44. The van der Waals surface area contributed by atoms with Gasteiger partial charge in [-0.2, -0.15) is 0 Å². The number of amides is 1. The first-order chi connectivity index (χ1) is 14.8. The summed E-state index contributed by atoms with van der Waals surface area (Å²) in [4.78, 5) is 13.2. The van der Waals surface area contributed by atoms with Crippen LogP contribution in [0.5, 0.6) is 0 Å². The van der Waals surface area contributed by atoms with Crippen LogP contribution in [0, 0.1) is 11.8 Å². The smallest absolute Gasteiger partial charge is 0.240 e. The zero-order valence-electron chi connectivity index (χ0n) is 18.0. The zero-order valence-corrected chi connectivity index (χ0v) is 19.6. The Morgan fingerprint density at radius 2 is 2.10 bits per heavy atom. The van der Waals surface area contributed by atoms with Gasteiger partial charge in [-0.05, 0) is 44.3 Å². The number of nitrogens with one attached hydrogen (secondary N) is 2. The van der Waals surface area contributed by atoms with Crippen molar-refractivity contribution in [2.45, 2.75) is 79.6 Å². The van der Waals surface area contributed by atoms with Crippen molar-refractivity contribution in [2.75, 3.05) is 19.4 Å². The predicted molar refractivity (Wildman–Crippen MR) is 120 cm³/mol. The van der Waals surface area contributed by atoms with Crippen LogP contribution in [0.15, 0.2) is 12.7 Å². The van der Waals surface area contributed by atoms with Gasteiger partial charge in [-0.3, -0.25) is 4.79 Å². The van der Waals surface area contributed by atoms with Gasteiger partial charge in [0.2, 0.25) is 5.91 Å². The van der Waals surface area contributed by atoms with Crippen LogP contribution < -0.4 is 10.6 Å². The highest BCUT2D eigenvalue weighted by Gasteiger charge is 2.49. The largest absolute Gasteiger partial charge is 0.388 e. The second-order valence-electron chi connectivity index (χ2n) is 8.78. The van der Waals surface area contributed by atoms with E-state index in [2.05, 4.69) is 17.2 Å². The lowest BCUT2D eigenvalue weighted by Crippen LogP contribution is -2.65. The summed E-state index contributed by atoms with van der Waals surface area (Å²) < 4.78 is 11.9. The maximum atomic E-state index is 13.2. The van der Waals surface area contributed by atoms with Crippen LogP contribution in [0.2, 0.25) is 0 Å². The van der Waals surface area contributed by atoms with Gasteiger partial charge in [-0.1, -0.05) is 6.08 Å². The molecule has 10 heteroatoms. The molecule has 0 aromatic heterocycles. The molecule has 3 rings (SSSR count). The molecule has 3 aliphatic heterocycles. The minimum absolute atomic E-state index is 0.232. The molecular formula is C21H35ClN2O6S. The summed E-state index contributed by atoms with van der Waals surface area (Å²) in [5.41, 5.74) is -0.737. The number of thioether (sulfide) groups is 1. The average Bonchev–Trinajstić information content (AvgIpc) is 3.02. The standard InChI is InChI=1S/C21H35ClN2O6S/c1-4-5-11-6-7-29-18-12(8-11)9-23-14(18)20(28)24-13(10(2)22)19-16(26)15(25)17(27)21(30-19)31-3/h4,10-19,21,23,25-27H,1,5-9H2,2-3H3,(H,24,28)/t10-,11+,12-,13+,14-,15?,16?,17?,18+,19?,21?/m0/s1. The van der Waals surface area contributed by atoms with E-state index in [0.29, 0.717) is 19.1 Å². The molecule has 8 nitrogen and oxygen atoms in total. The number of aliphatic hydroxyl groups excluding tert-OH is 3. The molecule has 3 heterocycles. The fraction of sp³-hybridized carbons (Fsp3) is 0.857. The topological polar surface area (TPSA) is 120 Å². The molecule has 5 unspecified atom stereocenters. The molecule has 178 valence electrons. The number of carbonyl (C=O) groups excluding carboxylic acids is 1. The number of aliphatic hydroxyl groups is 3. The van der Waals surface area contributed by atoms with Gasteiger partial charge in [0.15, 0.2) is 0 Å². The van der Waals surface area contributed by atoms with Gasteiger partial charge < -0.3 is 35.4 Å². The molecule has 0 bridgehead atoms. The molecule has 5 N–H and O–H groups in total. The Hall–Kier alpha value is -0.390. The molecule has 0 spiro atoms. The highest BCUT2D eigenvalue weighted by atomic mass is 35.5. The first-order valence-electron chi connectivity index (χ1n) is 10.9. The maximum Gasteiger partial charge on any atom is 0.240 e. The second kappa shape index (κ2) is 11.2. The predicted octanol–water partition coefficient (Wildman–Crippen LogP) is 0.228. The molecule has 11 atom stereocenters. The number of carbonyl (C=O) groups is 1. The molecule has 3 aliphatic rings. The lowest BCUT2D eigenvalue weighted by atomic mass is 9.88. The zero-order chi connectivity index (χ0) is 22.7. The highest BCUT2D eigenvalue weighted by Crippen LogP contribution is 2.33. The number of rotatable bonds is 7. The van der Waals surface area contributed by atoms with Gasteiger partial charge in [0.05, 0.1) is 17.5 Å². The van der Waals surface area contributed by atoms with Crippen molar-refractivity contribution in [3.05, 3.63) is 12.7 Å².